The van der Waals surface area contributed by atoms with Gasteiger partial charge in [-0.05, 0) is 42.9 Å². The molecule has 0 heterocycles. The number of hydrogen-bond donors (Lipinski definition) is 3. The molecule has 4 heteroatoms. The summed E-state index contributed by atoms with van der Waals surface area (Å²) in [6.07, 6.45) is 4.65. The van der Waals surface area contributed by atoms with Gasteiger partial charge in [-0.1, -0.05) is 32.8 Å². The van der Waals surface area contributed by atoms with Crippen LogP contribution in [0.5, 0.6) is 0 Å². The molecule has 0 radical (unpaired) electrons. The van der Waals surface area contributed by atoms with Crippen molar-refractivity contribution in [1.82, 2.24) is 5.32 Å². The lowest BCUT2D eigenvalue weighted by Gasteiger charge is -2.39. The highest BCUT2D eigenvalue weighted by Crippen LogP contribution is 2.35. The SMILES string of the molecule is Cc1ccc(C(=O)NC2CCCCC2(C)C)c(NN)c1. The van der Waals surface area contributed by atoms with E-state index in [0.29, 0.717) is 11.3 Å². The van der Waals surface area contributed by atoms with E-state index in [9.17, 15) is 4.79 Å². The number of rotatable bonds is 3. The topological polar surface area (TPSA) is 67.2 Å². The molecule has 1 fully saturated rings. The molecule has 1 amide bonds. The predicted molar refractivity (Wildman–Crippen MR) is 82.5 cm³/mol. The van der Waals surface area contributed by atoms with E-state index in [-0.39, 0.29) is 17.4 Å². The molecule has 4 nitrogen and oxygen atoms in total. The molecule has 2 rings (SSSR count). The van der Waals surface area contributed by atoms with Gasteiger partial charge in [-0.2, -0.15) is 0 Å². The van der Waals surface area contributed by atoms with Crippen LogP contribution in [-0.4, -0.2) is 11.9 Å². The molecule has 110 valence electrons. The number of hydrogen-bond acceptors (Lipinski definition) is 3. The molecule has 1 saturated carbocycles. The minimum absolute atomic E-state index is 0.0436. The maximum atomic E-state index is 12.5. The molecule has 1 aliphatic rings. The van der Waals surface area contributed by atoms with Crippen LogP contribution in [0.1, 0.15) is 55.5 Å². The average molecular weight is 275 g/mol. The van der Waals surface area contributed by atoms with Gasteiger partial charge >= 0.3 is 0 Å². The quantitative estimate of drug-likeness (QED) is 0.587. The lowest BCUT2D eigenvalue weighted by atomic mass is 9.73. The van der Waals surface area contributed by atoms with Crippen LogP contribution in [0.3, 0.4) is 0 Å². The van der Waals surface area contributed by atoms with Crippen LogP contribution in [0, 0.1) is 12.3 Å². The number of nitrogens with two attached hydrogens (primary N) is 1. The van der Waals surface area contributed by atoms with E-state index >= 15 is 0 Å². The largest absolute Gasteiger partial charge is 0.349 e. The summed E-state index contributed by atoms with van der Waals surface area (Å²) in [7, 11) is 0. The monoisotopic (exact) mass is 275 g/mol. The number of carbonyl (C=O) groups excluding carboxylic acids is 1. The number of nitrogens with one attached hydrogen (secondary N) is 2. The highest BCUT2D eigenvalue weighted by molar-refractivity contribution is 5.99. The minimum atomic E-state index is -0.0436. The zero-order chi connectivity index (χ0) is 14.8. The molecule has 20 heavy (non-hydrogen) atoms. The van der Waals surface area contributed by atoms with Crippen LogP contribution in [-0.2, 0) is 0 Å². The zero-order valence-electron chi connectivity index (χ0n) is 12.6. The Labute approximate surface area is 121 Å². The molecular weight excluding hydrogens is 250 g/mol. The highest BCUT2D eigenvalue weighted by atomic mass is 16.1. The summed E-state index contributed by atoms with van der Waals surface area (Å²) >= 11 is 0. The van der Waals surface area contributed by atoms with Gasteiger partial charge in [0.1, 0.15) is 0 Å². The van der Waals surface area contributed by atoms with Gasteiger partial charge in [0, 0.05) is 6.04 Å². The third-order valence-corrected chi connectivity index (χ3v) is 4.39. The molecule has 0 aromatic heterocycles. The van der Waals surface area contributed by atoms with Crippen LogP contribution in [0.2, 0.25) is 0 Å². The molecule has 1 aromatic carbocycles. The molecule has 4 N–H and O–H groups in total. The standard InChI is InChI=1S/C16H25N3O/c1-11-7-8-12(13(10-11)19-17)15(20)18-14-6-4-5-9-16(14,2)3/h7-8,10,14,19H,4-6,9,17H2,1-3H3,(H,18,20). The Morgan fingerprint density at radius 2 is 2.10 bits per heavy atom. The Hall–Kier alpha value is -1.55. The molecule has 1 aliphatic carbocycles. The first-order valence-corrected chi connectivity index (χ1v) is 7.32. The van der Waals surface area contributed by atoms with E-state index in [1.54, 1.807) is 0 Å². The van der Waals surface area contributed by atoms with Crippen molar-refractivity contribution in [3.63, 3.8) is 0 Å². The molecule has 0 spiro atoms. The van der Waals surface area contributed by atoms with Crippen LogP contribution in [0.15, 0.2) is 18.2 Å². The summed E-state index contributed by atoms with van der Waals surface area (Å²) < 4.78 is 0. The van der Waals surface area contributed by atoms with Crippen molar-refractivity contribution in [2.24, 2.45) is 11.3 Å². The first-order chi connectivity index (χ1) is 9.44. The maximum absolute atomic E-state index is 12.5. The second-order valence-corrected chi connectivity index (χ2v) is 6.45. The van der Waals surface area contributed by atoms with E-state index in [0.717, 1.165) is 18.4 Å². The van der Waals surface area contributed by atoms with Crippen molar-refractivity contribution in [2.45, 2.75) is 52.5 Å². The fourth-order valence-electron chi connectivity index (χ4n) is 2.97. The number of nitrogen functional groups attached to an aromatic ring is 1. The summed E-state index contributed by atoms with van der Waals surface area (Å²) in [5.74, 6) is 5.47. The van der Waals surface area contributed by atoms with Crippen molar-refractivity contribution in [3.05, 3.63) is 29.3 Å². The Morgan fingerprint density at radius 3 is 2.75 bits per heavy atom. The van der Waals surface area contributed by atoms with Crippen LogP contribution in [0.25, 0.3) is 0 Å². The highest BCUT2D eigenvalue weighted by Gasteiger charge is 2.33. The van der Waals surface area contributed by atoms with Gasteiger partial charge in [-0.25, -0.2) is 0 Å². The number of benzene rings is 1. The normalized spacial score (nSPS) is 21.3. The van der Waals surface area contributed by atoms with Crippen molar-refractivity contribution in [2.75, 3.05) is 5.43 Å². The third kappa shape index (κ3) is 3.12. The van der Waals surface area contributed by atoms with E-state index in [4.69, 9.17) is 5.84 Å². The molecule has 1 aromatic rings. The first-order valence-electron chi connectivity index (χ1n) is 7.32. The second-order valence-electron chi connectivity index (χ2n) is 6.45. The maximum Gasteiger partial charge on any atom is 0.253 e. The smallest absolute Gasteiger partial charge is 0.253 e. The lowest BCUT2D eigenvalue weighted by molar-refractivity contribution is 0.0854. The van der Waals surface area contributed by atoms with Gasteiger partial charge in [-0.3, -0.25) is 10.6 Å². The summed E-state index contributed by atoms with van der Waals surface area (Å²) in [5.41, 5.74) is 5.14. The number of hydrazine groups is 1. The average Bonchev–Trinajstić information content (AvgIpc) is 2.40. The molecule has 0 aliphatic heterocycles. The Morgan fingerprint density at radius 1 is 1.35 bits per heavy atom. The van der Waals surface area contributed by atoms with Gasteiger partial charge in [0.2, 0.25) is 0 Å². The van der Waals surface area contributed by atoms with Crippen LogP contribution in [0.4, 0.5) is 5.69 Å². The van der Waals surface area contributed by atoms with Gasteiger partial charge < -0.3 is 10.7 Å². The minimum Gasteiger partial charge on any atom is -0.349 e. The van der Waals surface area contributed by atoms with E-state index in [1.807, 2.05) is 25.1 Å². The van der Waals surface area contributed by atoms with Crippen molar-refractivity contribution in [3.8, 4) is 0 Å². The third-order valence-electron chi connectivity index (χ3n) is 4.39. The van der Waals surface area contributed by atoms with E-state index < -0.39 is 0 Å². The Balaban J connectivity index is 2.16. The Bertz CT molecular complexity index is 496. The summed E-state index contributed by atoms with van der Waals surface area (Å²) in [5, 5.41) is 3.19. The molecule has 1 unspecified atom stereocenters. The zero-order valence-corrected chi connectivity index (χ0v) is 12.6. The van der Waals surface area contributed by atoms with Crippen LogP contribution >= 0.6 is 0 Å². The molecule has 1 atom stereocenters. The number of carbonyl (C=O) groups is 1. The lowest BCUT2D eigenvalue weighted by Crippen LogP contribution is -2.47. The van der Waals surface area contributed by atoms with Crippen molar-refractivity contribution in [1.29, 1.82) is 0 Å². The predicted octanol–water partition coefficient (Wildman–Crippen LogP) is 2.98. The van der Waals surface area contributed by atoms with Gasteiger partial charge in [0.05, 0.1) is 11.3 Å². The number of anilines is 1. The van der Waals surface area contributed by atoms with Crippen molar-refractivity contribution >= 4 is 11.6 Å². The summed E-state index contributed by atoms with van der Waals surface area (Å²) in [4.78, 5) is 12.5. The molecule has 0 bridgehead atoms. The number of aryl methyl sites for hydroxylation is 1. The fourth-order valence-corrected chi connectivity index (χ4v) is 2.97. The summed E-state index contributed by atoms with van der Waals surface area (Å²) in [6.45, 7) is 6.44. The Kier molecular flexibility index (Phi) is 4.33. The first kappa shape index (κ1) is 14.9. The number of amides is 1. The molecule has 0 saturated heterocycles. The van der Waals surface area contributed by atoms with E-state index in [2.05, 4.69) is 24.6 Å². The van der Waals surface area contributed by atoms with E-state index in [1.165, 1.54) is 12.8 Å². The van der Waals surface area contributed by atoms with Gasteiger partial charge in [-0.15, -0.1) is 0 Å². The van der Waals surface area contributed by atoms with Gasteiger partial charge in [0.15, 0.2) is 0 Å². The fraction of sp³-hybridized carbons (Fsp3) is 0.562. The van der Waals surface area contributed by atoms with Crippen molar-refractivity contribution < 1.29 is 4.79 Å². The second kappa shape index (κ2) is 5.83. The van der Waals surface area contributed by atoms with Crippen LogP contribution < -0.4 is 16.6 Å². The van der Waals surface area contributed by atoms with Gasteiger partial charge in [0.25, 0.3) is 5.91 Å². The molecular formula is C16H25N3O. The summed E-state index contributed by atoms with van der Waals surface area (Å²) in [6, 6.07) is 5.88.